The smallest absolute Gasteiger partial charge is 0.330 e. The van der Waals surface area contributed by atoms with Crippen molar-refractivity contribution in [3.8, 4) is 11.3 Å². The first-order valence-electron chi connectivity index (χ1n) is 8.92. The number of fused-ring (bicyclic) bond motifs is 3. The second-order valence-electron chi connectivity index (χ2n) is 6.77. The van der Waals surface area contributed by atoms with Crippen LogP contribution in [0.25, 0.3) is 11.3 Å². The largest absolute Gasteiger partial charge is 0.347 e. The summed E-state index contributed by atoms with van der Waals surface area (Å²) in [4.78, 5) is 30.2. The van der Waals surface area contributed by atoms with Crippen LogP contribution in [0.3, 0.4) is 0 Å². The van der Waals surface area contributed by atoms with Crippen molar-refractivity contribution in [3.05, 3.63) is 60.6 Å². The van der Waals surface area contributed by atoms with Gasteiger partial charge >= 0.3 is 6.03 Å². The van der Waals surface area contributed by atoms with E-state index in [0.717, 1.165) is 35.5 Å². The zero-order valence-electron chi connectivity index (χ0n) is 14.8. The number of urea groups is 1. The fourth-order valence-electron chi connectivity index (χ4n) is 3.60. The van der Waals surface area contributed by atoms with E-state index in [-0.39, 0.29) is 12.2 Å². The molecule has 1 N–H and O–H groups in total. The van der Waals surface area contributed by atoms with Crippen LogP contribution in [0.15, 0.2) is 55.0 Å². The van der Waals surface area contributed by atoms with E-state index in [9.17, 15) is 4.79 Å². The molecule has 2 aliphatic rings. The number of anilines is 3. The van der Waals surface area contributed by atoms with Crippen LogP contribution in [0.4, 0.5) is 22.1 Å². The highest BCUT2D eigenvalue weighted by molar-refractivity contribution is 6.06. The molecular formula is C20H18N6O. The molecule has 0 bridgehead atoms. The van der Waals surface area contributed by atoms with Gasteiger partial charge < -0.3 is 4.90 Å². The van der Waals surface area contributed by atoms with Crippen LogP contribution >= 0.6 is 0 Å². The average molecular weight is 358 g/mol. The first-order chi connectivity index (χ1) is 13.2. The Kier molecular flexibility index (Phi) is 3.53. The monoisotopic (exact) mass is 358 g/mol. The van der Waals surface area contributed by atoms with Gasteiger partial charge in [-0.25, -0.2) is 14.8 Å². The highest BCUT2D eigenvalue weighted by Gasteiger charge is 2.46. The predicted octanol–water partition coefficient (Wildman–Crippen LogP) is 3.44. The third kappa shape index (κ3) is 2.59. The molecule has 7 heteroatoms. The van der Waals surface area contributed by atoms with Crippen LogP contribution in [0.1, 0.15) is 12.0 Å². The van der Waals surface area contributed by atoms with E-state index in [1.165, 1.54) is 0 Å². The summed E-state index contributed by atoms with van der Waals surface area (Å²) >= 11 is 0. The van der Waals surface area contributed by atoms with Crippen LogP contribution in [0.5, 0.6) is 0 Å². The molecule has 1 fully saturated rings. The number of carbonyl (C=O) groups is 1. The number of nitrogens with zero attached hydrogens (tertiary/aromatic N) is 5. The molecule has 27 heavy (non-hydrogen) atoms. The molecule has 5 heterocycles. The van der Waals surface area contributed by atoms with Crippen LogP contribution in [-0.4, -0.2) is 33.7 Å². The molecule has 3 aromatic rings. The summed E-state index contributed by atoms with van der Waals surface area (Å²) in [6, 6.07) is 11.3. The molecule has 134 valence electrons. The Hall–Kier alpha value is -3.48. The highest BCUT2D eigenvalue weighted by Crippen LogP contribution is 2.45. The lowest BCUT2D eigenvalue weighted by Crippen LogP contribution is -2.56. The van der Waals surface area contributed by atoms with Gasteiger partial charge in [0.05, 0.1) is 11.4 Å². The van der Waals surface area contributed by atoms with Gasteiger partial charge in [0, 0.05) is 37.1 Å². The summed E-state index contributed by atoms with van der Waals surface area (Å²) in [6.45, 7) is 2.93. The van der Waals surface area contributed by atoms with Crippen molar-refractivity contribution in [2.24, 2.45) is 0 Å². The maximum atomic E-state index is 13.0. The third-order valence-corrected chi connectivity index (χ3v) is 4.97. The van der Waals surface area contributed by atoms with Gasteiger partial charge in [0.25, 0.3) is 0 Å². The number of aromatic nitrogens is 3. The van der Waals surface area contributed by atoms with Crippen molar-refractivity contribution in [1.29, 1.82) is 0 Å². The summed E-state index contributed by atoms with van der Waals surface area (Å²) in [5, 5.41) is 2.87. The van der Waals surface area contributed by atoms with Crippen LogP contribution in [0, 0.1) is 6.92 Å². The van der Waals surface area contributed by atoms with E-state index >= 15 is 0 Å². The topological polar surface area (TPSA) is 74.2 Å². The Morgan fingerprint density at radius 2 is 2.15 bits per heavy atom. The highest BCUT2D eigenvalue weighted by atomic mass is 16.2. The molecule has 1 saturated heterocycles. The Bertz CT molecular complexity index is 1020. The molecule has 0 radical (unpaired) electrons. The number of aryl methyl sites for hydroxylation is 1. The lowest BCUT2D eigenvalue weighted by molar-refractivity contribution is 0.252. The van der Waals surface area contributed by atoms with E-state index in [2.05, 4.69) is 20.2 Å². The summed E-state index contributed by atoms with van der Waals surface area (Å²) in [6.07, 6.45) is 6.21. The van der Waals surface area contributed by atoms with E-state index in [1.807, 2.05) is 43.5 Å². The summed E-state index contributed by atoms with van der Waals surface area (Å²) in [7, 11) is 0. The zero-order chi connectivity index (χ0) is 18.4. The Balaban J connectivity index is 1.52. The van der Waals surface area contributed by atoms with E-state index in [0.29, 0.717) is 11.6 Å². The van der Waals surface area contributed by atoms with E-state index < -0.39 is 0 Å². The molecule has 2 aliphatic heterocycles. The number of amides is 2. The average Bonchev–Trinajstić information content (AvgIpc) is 2.88. The van der Waals surface area contributed by atoms with Gasteiger partial charge in [0.15, 0.2) is 5.82 Å². The molecule has 5 rings (SSSR count). The fourth-order valence-corrected chi connectivity index (χ4v) is 3.60. The zero-order valence-corrected chi connectivity index (χ0v) is 14.8. The molecule has 0 spiro atoms. The van der Waals surface area contributed by atoms with Crippen LogP contribution < -0.4 is 15.1 Å². The van der Waals surface area contributed by atoms with Gasteiger partial charge in [-0.05, 0) is 42.8 Å². The van der Waals surface area contributed by atoms with Gasteiger partial charge in [-0.3, -0.25) is 15.2 Å². The fraction of sp³-hybridized carbons (Fsp3) is 0.200. The second kappa shape index (κ2) is 6.05. The molecule has 0 aliphatic carbocycles. The lowest BCUT2D eigenvalue weighted by atomic mass is 10.1. The first kappa shape index (κ1) is 15.7. The van der Waals surface area contributed by atoms with Crippen molar-refractivity contribution in [2.75, 3.05) is 21.7 Å². The van der Waals surface area contributed by atoms with Gasteiger partial charge in [0.1, 0.15) is 12.0 Å². The number of hydrogen-bond acceptors (Lipinski definition) is 5. The number of nitrogens with one attached hydrogen (secondary N) is 1. The molecule has 7 nitrogen and oxygen atoms in total. The molecule has 1 unspecified atom stereocenters. The van der Waals surface area contributed by atoms with E-state index in [4.69, 9.17) is 4.98 Å². The number of carbonyl (C=O) groups excluding carboxylic acids is 1. The molecular weight excluding hydrogens is 340 g/mol. The van der Waals surface area contributed by atoms with Crippen LogP contribution in [0.2, 0.25) is 0 Å². The Morgan fingerprint density at radius 1 is 1.22 bits per heavy atom. The molecule has 0 saturated carbocycles. The predicted molar refractivity (Wildman–Crippen MR) is 104 cm³/mol. The van der Waals surface area contributed by atoms with E-state index in [1.54, 1.807) is 23.4 Å². The second-order valence-corrected chi connectivity index (χ2v) is 6.77. The molecule has 1 atom stereocenters. The maximum Gasteiger partial charge on any atom is 0.330 e. The maximum absolute atomic E-state index is 13.0. The van der Waals surface area contributed by atoms with Crippen molar-refractivity contribution < 1.29 is 4.79 Å². The van der Waals surface area contributed by atoms with Gasteiger partial charge in [0.2, 0.25) is 0 Å². The number of rotatable bonds is 2. The third-order valence-electron chi connectivity index (χ3n) is 4.97. The molecule has 3 aromatic heterocycles. The molecule has 0 aromatic carbocycles. The Labute approximate surface area is 156 Å². The van der Waals surface area contributed by atoms with Crippen LogP contribution in [-0.2, 0) is 0 Å². The van der Waals surface area contributed by atoms with Crippen molar-refractivity contribution >= 4 is 23.4 Å². The number of hydrogen-bond donors (Lipinski definition) is 1. The lowest BCUT2D eigenvalue weighted by Gasteiger charge is -2.39. The van der Waals surface area contributed by atoms with Gasteiger partial charge in [-0.1, -0.05) is 6.07 Å². The SMILES string of the molecule is Cc1cncc(-c2ccc3c(n2)N(C(=O)Nc2ccccn2)C2CCN32)c1. The quantitative estimate of drug-likeness (QED) is 0.760. The minimum atomic E-state index is -0.214. The standard InChI is InChI=1S/C20H18N6O/c1-13-10-14(12-21-11-13)15-5-6-16-19(23-15)26(18-7-9-25(16)18)20(27)24-17-4-2-3-8-22-17/h2-6,8,10-12,18H,7,9H2,1H3,(H,22,24,27). The molecule has 2 amide bonds. The summed E-state index contributed by atoms with van der Waals surface area (Å²) in [5.41, 5.74) is 3.82. The summed E-state index contributed by atoms with van der Waals surface area (Å²) in [5.74, 6) is 1.21. The minimum Gasteiger partial charge on any atom is -0.347 e. The Morgan fingerprint density at radius 3 is 2.89 bits per heavy atom. The normalized spacial score (nSPS) is 17.1. The van der Waals surface area contributed by atoms with Crippen molar-refractivity contribution in [3.63, 3.8) is 0 Å². The van der Waals surface area contributed by atoms with Crippen molar-refractivity contribution in [1.82, 2.24) is 15.0 Å². The van der Waals surface area contributed by atoms with Gasteiger partial charge in [-0.2, -0.15) is 0 Å². The number of pyridine rings is 3. The van der Waals surface area contributed by atoms with Gasteiger partial charge in [-0.15, -0.1) is 0 Å². The summed E-state index contributed by atoms with van der Waals surface area (Å²) < 4.78 is 0. The van der Waals surface area contributed by atoms with Crippen molar-refractivity contribution in [2.45, 2.75) is 19.5 Å². The minimum absolute atomic E-state index is 0.0158. The first-order valence-corrected chi connectivity index (χ1v) is 8.92.